The summed E-state index contributed by atoms with van der Waals surface area (Å²) in [5, 5.41) is 8.82. The van der Waals surface area contributed by atoms with Crippen molar-refractivity contribution < 1.29 is 23.1 Å². The van der Waals surface area contributed by atoms with Crippen LogP contribution in [0.15, 0.2) is 34.9 Å². The highest BCUT2D eigenvalue weighted by molar-refractivity contribution is 5.95. The topological polar surface area (TPSA) is 50.4 Å². The van der Waals surface area contributed by atoms with Gasteiger partial charge in [-0.05, 0) is 24.3 Å². The molecule has 1 aromatic heterocycles. The summed E-state index contributed by atoms with van der Waals surface area (Å²) in [6.45, 7) is 0. The first-order valence-electron chi connectivity index (χ1n) is 4.36. The third kappa shape index (κ3) is 1.56. The van der Waals surface area contributed by atoms with Gasteiger partial charge < -0.3 is 9.52 Å². The van der Waals surface area contributed by atoms with E-state index < -0.39 is 23.2 Å². The Kier molecular flexibility index (Phi) is 2.44. The maximum atomic E-state index is 13.5. The van der Waals surface area contributed by atoms with E-state index in [9.17, 15) is 13.6 Å². The Balaban J connectivity index is 2.76. The third-order valence-electron chi connectivity index (χ3n) is 2.09. The van der Waals surface area contributed by atoms with E-state index in [0.29, 0.717) is 0 Å². The SMILES string of the molecule is O=C(O)c1c(F)ccc(F)c1-c1ccco1. The quantitative estimate of drug-likeness (QED) is 0.853. The van der Waals surface area contributed by atoms with E-state index in [1.165, 1.54) is 18.4 Å². The second-order valence-electron chi connectivity index (χ2n) is 3.06. The highest BCUT2D eigenvalue weighted by Gasteiger charge is 2.22. The first-order chi connectivity index (χ1) is 7.61. The molecule has 0 fully saturated rings. The van der Waals surface area contributed by atoms with Crippen LogP contribution in [0.3, 0.4) is 0 Å². The molecule has 2 aromatic rings. The lowest BCUT2D eigenvalue weighted by molar-refractivity contribution is 0.0692. The van der Waals surface area contributed by atoms with Gasteiger partial charge in [0.25, 0.3) is 0 Å². The van der Waals surface area contributed by atoms with Crippen molar-refractivity contribution in [1.29, 1.82) is 0 Å². The second kappa shape index (κ2) is 3.77. The number of carboxylic acids is 1. The molecule has 0 saturated heterocycles. The van der Waals surface area contributed by atoms with Crippen LogP contribution in [0.1, 0.15) is 10.4 Å². The molecule has 1 aromatic carbocycles. The predicted octanol–water partition coefficient (Wildman–Crippen LogP) is 2.92. The molecule has 0 unspecified atom stereocenters. The standard InChI is InChI=1S/C11H6F2O3/c12-6-3-4-7(13)10(11(14)15)9(6)8-2-1-5-16-8/h1-5H,(H,14,15). The van der Waals surface area contributed by atoms with Crippen LogP contribution in [0, 0.1) is 11.6 Å². The van der Waals surface area contributed by atoms with E-state index in [4.69, 9.17) is 9.52 Å². The zero-order valence-corrected chi connectivity index (χ0v) is 7.91. The summed E-state index contributed by atoms with van der Waals surface area (Å²) in [6, 6.07) is 4.46. The van der Waals surface area contributed by atoms with Gasteiger partial charge in [0.1, 0.15) is 23.0 Å². The van der Waals surface area contributed by atoms with Crippen molar-refractivity contribution in [2.45, 2.75) is 0 Å². The van der Waals surface area contributed by atoms with E-state index >= 15 is 0 Å². The van der Waals surface area contributed by atoms with Gasteiger partial charge in [0.15, 0.2) is 0 Å². The summed E-state index contributed by atoms with van der Waals surface area (Å²) in [6.07, 6.45) is 1.26. The monoisotopic (exact) mass is 224 g/mol. The normalized spacial score (nSPS) is 10.4. The van der Waals surface area contributed by atoms with Crippen LogP contribution in [0.2, 0.25) is 0 Å². The lowest BCUT2D eigenvalue weighted by Gasteiger charge is -2.05. The average molecular weight is 224 g/mol. The van der Waals surface area contributed by atoms with E-state index in [0.717, 1.165) is 12.1 Å². The van der Waals surface area contributed by atoms with Crippen molar-refractivity contribution in [1.82, 2.24) is 0 Å². The summed E-state index contributed by atoms with van der Waals surface area (Å²) in [5.41, 5.74) is -1.10. The van der Waals surface area contributed by atoms with Crippen molar-refractivity contribution >= 4 is 5.97 Å². The summed E-state index contributed by atoms with van der Waals surface area (Å²) in [5.74, 6) is -3.40. The highest BCUT2D eigenvalue weighted by atomic mass is 19.1. The van der Waals surface area contributed by atoms with Gasteiger partial charge in [-0.25, -0.2) is 13.6 Å². The van der Waals surface area contributed by atoms with Crippen LogP contribution in [0.5, 0.6) is 0 Å². The van der Waals surface area contributed by atoms with Crippen LogP contribution in [-0.2, 0) is 0 Å². The van der Waals surface area contributed by atoms with Crippen LogP contribution < -0.4 is 0 Å². The smallest absolute Gasteiger partial charge is 0.339 e. The van der Waals surface area contributed by atoms with Crippen molar-refractivity contribution in [2.75, 3.05) is 0 Å². The van der Waals surface area contributed by atoms with Crippen molar-refractivity contribution in [2.24, 2.45) is 0 Å². The predicted molar refractivity (Wildman–Crippen MR) is 51.0 cm³/mol. The summed E-state index contributed by atoms with van der Waals surface area (Å²) < 4.78 is 31.6. The molecule has 3 nitrogen and oxygen atoms in total. The van der Waals surface area contributed by atoms with E-state index in [1.54, 1.807) is 0 Å². The summed E-state index contributed by atoms with van der Waals surface area (Å²) in [4.78, 5) is 10.8. The molecule has 82 valence electrons. The molecule has 1 heterocycles. The Morgan fingerprint density at radius 1 is 1.19 bits per heavy atom. The number of rotatable bonds is 2. The molecule has 0 spiro atoms. The Hall–Kier alpha value is -2.17. The number of furan rings is 1. The van der Waals surface area contributed by atoms with Gasteiger partial charge in [-0.2, -0.15) is 0 Å². The van der Waals surface area contributed by atoms with Crippen LogP contribution >= 0.6 is 0 Å². The average Bonchev–Trinajstić information content (AvgIpc) is 2.73. The summed E-state index contributed by atoms with van der Waals surface area (Å²) >= 11 is 0. The fourth-order valence-corrected chi connectivity index (χ4v) is 1.42. The van der Waals surface area contributed by atoms with Gasteiger partial charge in [0.05, 0.1) is 11.8 Å². The Bertz CT molecular complexity index is 532. The van der Waals surface area contributed by atoms with Crippen molar-refractivity contribution in [3.8, 4) is 11.3 Å². The maximum Gasteiger partial charge on any atom is 0.339 e. The van der Waals surface area contributed by atoms with Crippen molar-refractivity contribution in [3.05, 3.63) is 47.7 Å². The minimum atomic E-state index is -1.54. The first-order valence-corrected chi connectivity index (χ1v) is 4.36. The Labute approximate surface area is 88.9 Å². The second-order valence-corrected chi connectivity index (χ2v) is 3.06. The fraction of sp³-hybridized carbons (Fsp3) is 0. The molecule has 0 bridgehead atoms. The number of hydrogen-bond donors (Lipinski definition) is 1. The van der Waals surface area contributed by atoms with Crippen LogP contribution in [0.25, 0.3) is 11.3 Å². The lowest BCUT2D eigenvalue weighted by atomic mass is 10.0. The molecular formula is C11H6F2O3. The molecule has 0 saturated carbocycles. The lowest BCUT2D eigenvalue weighted by Crippen LogP contribution is -2.05. The molecule has 0 atom stereocenters. The molecule has 1 N–H and O–H groups in total. The fourth-order valence-electron chi connectivity index (χ4n) is 1.42. The van der Waals surface area contributed by atoms with E-state index in [-0.39, 0.29) is 11.3 Å². The van der Waals surface area contributed by atoms with Crippen LogP contribution in [-0.4, -0.2) is 11.1 Å². The van der Waals surface area contributed by atoms with Gasteiger partial charge in [-0.15, -0.1) is 0 Å². The third-order valence-corrected chi connectivity index (χ3v) is 2.09. The van der Waals surface area contributed by atoms with Gasteiger partial charge in [0, 0.05) is 0 Å². The minimum absolute atomic E-state index is 0.0191. The van der Waals surface area contributed by atoms with Crippen molar-refractivity contribution in [3.63, 3.8) is 0 Å². The number of carboxylic acid groups (broad SMARTS) is 1. The largest absolute Gasteiger partial charge is 0.478 e. The number of hydrogen-bond acceptors (Lipinski definition) is 2. The zero-order chi connectivity index (χ0) is 11.7. The zero-order valence-electron chi connectivity index (χ0n) is 7.91. The molecular weight excluding hydrogens is 218 g/mol. The molecule has 0 aliphatic heterocycles. The molecule has 0 aliphatic rings. The highest BCUT2D eigenvalue weighted by Crippen LogP contribution is 2.29. The Morgan fingerprint density at radius 2 is 1.88 bits per heavy atom. The van der Waals surface area contributed by atoms with Crippen LogP contribution in [0.4, 0.5) is 8.78 Å². The molecule has 2 rings (SSSR count). The first kappa shape index (κ1) is 10.4. The van der Waals surface area contributed by atoms with Gasteiger partial charge in [-0.3, -0.25) is 0 Å². The maximum absolute atomic E-state index is 13.5. The van der Waals surface area contributed by atoms with E-state index in [1.807, 2.05) is 0 Å². The van der Waals surface area contributed by atoms with Gasteiger partial charge >= 0.3 is 5.97 Å². The Morgan fingerprint density at radius 3 is 2.44 bits per heavy atom. The molecule has 0 aliphatic carbocycles. The molecule has 0 radical (unpaired) electrons. The molecule has 0 amide bonds. The number of aromatic carboxylic acids is 1. The van der Waals surface area contributed by atoms with Gasteiger partial charge in [-0.1, -0.05) is 0 Å². The molecule has 16 heavy (non-hydrogen) atoms. The minimum Gasteiger partial charge on any atom is -0.478 e. The number of carbonyl (C=O) groups is 1. The number of benzene rings is 1. The number of halogens is 2. The van der Waals surface area contributed by atoms with Gasteiger partial charge in [0.2, 0.25) is 0 Å². The summed E-state index contributed by atoms with van der Waals surface area (Å²) in [7, 11) is 0. The molecule has 5 heteroatoms. The van der Waals surface area contributed by atoms with E-state index in [2.05, 4.69) is 0 Å².